The first-order chi connectivity index (χ1) is 9.02. The average molecular weight is 256 g/mol. The SMILES string of the molecule is Cc1cccc(NC(C)(C(=O)O)c2ccccn2)c1. The molecule has 0 amide bonds. The van der Waals surface area contributed by atoms with Gasteiger partial charge >= 0.3 is 5.97 Å². The van der Waals surface area contributed by atoms with Crippen LogP contribution in [0.5, 0.6) is 0 Å². The molecule has 0 saturated heterocycles. The number of aliphatic carboxylic acids is 1. The van der Waals surface area contributed by atoms with E-state index in [4.69, 9.17) is 0 Å². The first-order valence-corrected chi connectivity index (χ1v) is 6.02. The Morgan fingerprint density at radius 3 is 2.63 bits per heavy atom. The standard InChI is InChI=1S/C15H16N2O2/c1-11-6-5-7-12(10-11)17-15(2,14(18)19)13-8-3-4-9-16-13/h3-10,17H,1-2H3,(H,18,19). The average Bonchev–Trinajstić information content (AvgIpc) is 2.39. The van der Waals surface area contributed by atoms with Gasteiger partial charge in [-0.15, -0.1) is 0 Å². The van der Waals surface area contributed by atoms with E-state index in [9.17, 15) is 9.90 Å². The van der Waals surface area contributed by atoms with Gasteiger partial charge in [0.25, 0.3) is 0 Å². The van der Waals surface area contributed by atoms with Gasteiger partial charge in [-0.25, -0.2) is 4.79 Å². The summed E-state index contributed by atoms with van der Waals surface area (Å²) in [5.41, 5.74) is 1.05. The first-order valence-electron chi connectivity index (χ1n) is 6.02. The van der Waals surface area contributed by atoms with Gasteiger partial charge in [0, 0.05) is 11.9 Å². The highest BCUT2D eigenvalue weighted by Crippen LogP contribution is 2.25. The molecule has 0 aliphatic heterocycles. The zero-order valence-corrected chi connectivity index (χ0v) is 10.9. The number of benzene rings is 1. The number of nitrogens with one attached hydrogen (secondary N) is 1. The number of aromatic nitrogens is 1. The summed E-state index contributed by atoms with van der Waals surface area (Å²) in [5.74, 6) is -0.965. The third-order valence-electron chi connectivity index (χ3n) is 3.02. The largest absolute Gasteiger partial charge is 0.479 e. The van der Waals surface area contributed by atoms with Crippen molar-refractivity contribution in [3.05, 3.63) is 59.9 Å². The number of pyridine rings is 1. The number of anilines is 1. The quantitative estimate of drug-likeness (QED) is 0.883. The summed E-state index contributed by atoms with van der Waals surface area (Å²) in [7, 11) is 0. The van der Waals surface area contributed by atoms with E-state index in [1.54, 1.807) is 31.3 Å². The van der Waals surface area contributed by atoms with Crippen LogP contribution in [0.2, 0.25) is 0 Å². The van der Waals surface area contributed by atoms with E-state index in [2.05, 4.69) is 10.3 Å². The lowest BCUT2D eigenvalue weighted by atomic mass is 9.96. The minimum atomic E-state index is -1.25. The third-order valence-corrected chi connectivity index (χ3v) is 3.02. The molecular formula is C15H16N2O2. The van der Waals surface area contributed by atoms with Crippen molar-refractivity contribution in [2.45, 2.75) is 19.4 Å². The van der Waals surface area contributed by atoms with Crippen molar-refractivity contribution in [1.82, 2.24) is 4.98 Å². The second-order valence-electron chi connectivity index (χ2n) is 4.64. The molecule has 1 unspecified atom stereocenters. The van der Waals surface area contributed by atoms with Gasteiger partial charge in [-0.1, -0.05) is 18.2 Å². The van der Waals surface area contributed by atoms with Gasteiger partial charge in [-0.2, -0.15) is 0 Å². The minimum Gasteiger partial charge on any atom is -0.479 e. The molecule has 0 bridgehead atoms. The van der Waals surface area contributed by atoms with Crippen molar-refractivity contribution in [3.8, 4) is 0 Å². The molecule has 4 nitrogen and oxygen atoms in total. The zero-order valence-electron chi connectivity index (χ0n) is 10.9. The maximum atomic E-state index is 11.6. The Morgan fingerprint density at radius 1 is 1.26 bits per heavy atom. The van der Waals surface area contributed by atoms with Gasteiger partial charge in [0.1, 0.15) is 0 Å². The van der Waals surface area contributed by atoms with Crippen LogP contribution in [-0.4, -0.2) is 16.1 Å². The van der Waals surface area contributed by atoms with Crippen LogP contribution in [0.4, 0.5) is 5.69 Å². The fourth-order valence-electron chi connectivity index (χ4n) is 1.90. The van der Waals surface area contributed by atoms with Crippen molar-refractivity contribution >= 4 is 11.7 Å². The van der Waals surface area contributed by atoms with E-state index < -0.39 is 11.5 Å². The lowest BCUT2D eigenvalue weighted by Gasteiger charge is -2.27. The Morgan fingerprint density at radius 2 is 2.05 bits per heavy atom. The Labute approximate surface area is 112 Å². The number of rotatable bonds is 4. The Hall–Kier alpha value is -2.36. The normalized spacial score (nSPS) is 13.6. The molecular weight excluding hydrogens is 240 g/mol. The molecule has 0 saturated carbocycles. The topological polar surface area (TPSA) is 62.2 Å². The molecule has 2 N–H and O–H groups in total. The summed E-state index contributed by atoms with van der Waals surface area (Å²) in [6.45, 7) is 3.57. The summed E-state index contributed by atoms with van der Waals surface area (Å²) in [6, 6.07) is 12.8. The molecule has 4 heteroatoms. The predicted molar refractivity (Wildman–Crippen MR) is 74.0 cm³/mol. The van der Waals surface area contributed by atoms with Crippen molar-refractivity contribution in [2.24, 2.45) is 0 Å². The van der Waals surface area contributed by atoms with Crippen LogP contribution in [0.1, 0.15) is 18.2 Å². The van der Waals surface area contributed by atoms with Crippen LogP contribution in [0.15, 0.2) is 48.7 Å². The van der Waals surface area contributed by atoms with Crippen molar-refractivity contribution in [2.75, 3.05) is 5.32 Å². The number of carboxylic acids is 1. The van der Waals surface area contributed by atoms with E-state index in [-0.39, 0.29) is 0 Å². The number of hydrogen-bond donors (Lipinski definition) is 2. The molecule has 0 radical (unpaired) electrons. The van der Waals surface area contributed by atoms with Gasteiger partial charge < -0.3 is 10.4 Å². The van der Waals surface area contributed by atoms with Crippen molar-refractivity contribution in [1.29, 1.82) is 0 Å². The summed E-state index contributed by atoms with van der Waals surface area (Å²) < 4.78 is 0. The molecule has 0 aliphatic carbocycles. The number of nitrogens with zero attached hydrogens (tertiary/aromatic N) is 1. The number of aryl methyl sites for hydroxylation is 1. The number of carboxylic acid groups (broad SMARTS) is 1. The van der Waals surface area contributed by atoms with E-state index in [1.807, 2.05) is 31.2 Å². The second-order valence-corrected chi connectivity index (χ2v) is 4.64. The minimum absolute atomic E-state index is 0.476. The molecule has 19 heavy (non-hydrogen) atoms. The van der Waals surface area contributed by atoms with Crippen LogP contribution in [0.25, 0.3) is 0 Å². The van der Waals surface area contributed by atoms with Gasteiger partial charge in [0.2, 0.25) is 0 Å². The molecule has 1 atom stereocenters. The molecule has 2 rings (SSSR count). The third kappa shape index (κ3) is 2.73. The lowest BCUT2D eigenvalue weighted by Crippen LogP contribution is -2.41. The summed E-state index contributed by atoms with van der Waals surface area (Å²) >= 11 is 0. The molecule has 2 aromatic rings. The van der Waals surface area contributed by atoms with E-state index in [1.165, 1.54) is 0 Å². The highest BCUT2D eigenvalue weighted by molar-refractivity contribution is 5.83. The Bertz CT molecular complexity index is 584. The molecule has 0 aliphatic rings. The van der Waals surface area contributed by atoms with Gasteiger partial charge in [-0.05, 0) is 43.7 Å². The maximum absolute atomic E-state index is 11.6. The van der Waals surface area contributed by atoms with Gasteiger partial charge in [0.05, 0.1) is 5.69 Å². The Balaban J connectivity index is 2.39. The first kappa shape index (κ1) is 13.1. The Kier molecular flexibility index (Phi) is 3.51. The maximum Gasteiger partial charge on any atom is 0.335 e. The molecule has 1 aromatic heterocycles. The monoisotopic (exact) mass is 256 g/mol. The van der Waals surface area contributed by atoms with E-state index >= 15 is 0 Å². The zero-order chi connectivity index (χ0) is 13.9. The molecule has 1 heterocycles. The fraction of sp³-hybridized carbons (Fsp3) is 0.200. The highest BCUT2D eigenvalue weighted by Gasteiger charge is 2.36. The van der Waals surface area contributed by atoms with Crippen LogP contribution in [-0.2, 0) is 10.3 Å². The van der Waals surface area contributed by atoms with E-state index in [0.29, 0.717) is 5.69 Å². The molecule has 0 fully saturated rings. The van der Waals surface area contributed by atoms with Crippen LogP contribution in [0, 0.1) is 6.92 Å². The van der Waals surface area contributed by atoms with Crippen LogP contribution >= 0.6 is 0 Å². The molecule has 1 aromatic carbocycles. The van der Waals surface area contributed by atoms with Crippen LogP contribution < -0.4 is 5.32 Å². The summed E-state index contributed by atoms with van der Waals surface area (Å²) in [4.78, 5) is 15.8. The fourth-order valence-corrected chi connectivity index (χ4v) is 1.90. The van der Waals surface area contributed by atoms with Gasteiger partial charge in [-0.3, -0.25) is 4.98 Å². The smallest absolute Gasteiger partial charge is 0.335 e. The predicted octanol–water partition coefficient (Wildman–Crippen LogP) is 2.80. The highest BCUT2D eigenvalue weighted by atomic mass is 16.4. The number of hydrogen-bond acceptors (Lipinski definition) is 3. The lowest BCUT2D eigenvalue weighted by molar-refractivity contribution is -0.142. The van der Waals surface area contributed by atoms with Gasteiger partial charge in [0.15, 0.2) is 5.54 Å². The second kappa shape index (κ2) is 5.10. The number of carbonyl (C=O) groups is 1. The summed E-state index contributed by atoms with van der Waals surface area (Å²) in [6.07, 6.45) is 1.59. The van der Waals surface area contributed by atoms with E-state index in [0.717, 1.165) is 11.3 Å². The molecule has 0 spiro atoms. The van der Waals surface area contributed by atoms with Crippen molar-refractivity contribution in [3.63, 3.8) is 0 Å². The van der Waals surface area contributed by atoms with Crippen LogP contribution in [0.3, 0.4) is 0 Å². The molecule has 98 valence electrons. The summed E-state index contributed by atoms with van der Waals surface area (Å²) in [5, 5.41) is 12.6. The van der Waals surface area contributed by atoms with Crippen molar-refractivity contribution < 1.29 is 9.90 Å².